The van der Waals surface area contributed by atoms with Crippen LogP contribution in [0.3, 0.4) is 0 Å². The van der Waals surface area contributed by atoms with Crippen molar-refractivity contribution in [1.82, 2.24) is 15.0 Å². The van der Waals surface area contributed by atoms with Crippen molar-refractivity contribution in [3.8, 4) is 0 Å². The van der Waals surface area contributed by atoms with Gasteiger partial charge in [0.2, 0.25) is 5.91 Å². The van der Waals surface area contributed by atoms with E-state index >= 15 is 0 Å². The van der Waals surface area contributed by atoms with Gasteiger partial charge in [-0.25, -0.2) is 22.9 Å². The predicted octanol–water partition coefficient (Wildman–Crippen LogP) is 4.58. The van der Waals surface area contributed by atoms with E-state index in [2.05, 4.69) is 20.3 Å². The Morgan fingerprint density at radius 3 is 2.57 bits per heavy atom. The van der Waals surface area contributed by atoms with Gasteiger partial charge in [0.05, 0.1) is 4.90 Å². The molecule has 2 aromatic carbocycles. The maximum Gasteiger partial charge on any atom is 0.328 e. The number of rotatable bonds is 8. The Morgan fingerprint density at radius 1 is 1.09 bits per heavy atom. The molecule has 1 saturated carbocycles. The second kappa shape index (κ2) is 11.1. The third-order valence-corrected chi connectivity index (χ3v) is 7.87. The van der Waals surface area contributed by atoms with E-state index in [9.17, 15) is 18.0 Å². The summed E-state index contributed by atoms with van der Waals surface area (Å²) < 4.78 is 32.7. The number of urea groups is 1. The van der Waals surface area contributed by atoms with Crippen molar-refractivity contribution in [3.63, 3.8) is 0 Å². The lowest BCUT2D eigenvalue weighted by Gasteiger charge is -2.22. The number of amides is 3. The van der Waals surface area contributed by atoms with Crippen LogP contribution in [0.2, 0.25) is 0 Å². The highest BCUT2D eigenvalue weighted by Crippen LogP contribution is 2.25. The average molecular weight is 517 g/mol. The van der Waals surface area contributed by atoms with Crippen molar-refractivity contribution in [2.75, 3.05) is 11.1 Å². The van der Waals surface area contributed by atoms with Crippen LogP contribution in [-0.4, -0.2) is 37.1 Å². The van der Waals surface area contributed by atoms with Crippen LogP contribution in [0.1, 0.15) is 44.1 Å². The van der Waals surface area contributed by atoms with Gasteiger partial charge >= 0.3 is 6.03 Å². The van der Waals surface area contributed by atoms with Gasteiger partial charge in [0.15, 0.2) is 5.58 Å². The summed E-state index contributed by atoms with van der Waals surface area (Å²) in [6.45, 7) is 1.98. The van der Waals surface area contributed by atoms with E-state index in [0.29, 0.717) is 22.2 Å². The highest BCUT2D eigenvalue weighted by Gasteiger charge is 2.21. The summed E-state index contributed by atoms with van der Waals surface area (Å²) in [7, 11) is -4.01. The third-order valence-electron chi connectivity index (χ3n) is 5.69. The van der Waals surface area contributed by atoms with Crippen molar-refractivity contribution in [1.29, 1.82) is 0 Å². The fourth-order valence-electron chi connectivity index (χ4n) is 3.89. The zero-order valence-corrected chi connectivity index (χ0v) is 21.0. The summed E-state index contributed by atoms with van der Waals surface area (Å²) in [5, 5.41) is 5.97. The maximum absolute atomic E-state index is 12.5. The molecule has 0 atom stereocenters. The van der Waals surface area contributed by atoms with Crippen molar-refractivity contribution >= 4 is 50.5 Å². The van der Waals surface area contributed by atoms with Crippen molar-refractivity contribution in [2.45, 2.75) is 61.6 Å². The maximum atomic E-state index is 12.5. The monoisotopic (exact) mass is 516 g/mol. The molecule has 9 nitrogen and oxygen atoms in total. The topological polar surface area (TPSA) is 130 Å². The summed E-state index contributed by atoms with van der Waals surface area (Å²) >= 11 is 1.35. The first kappa shape index (κ1) is 25.1. The number of benzene rings is 2. The van der Waals surface area contributed by atoms with Gasteiger partial charge in [-0.2, -0.15) is 0 Å². The minimum absolute atomic E-state index is 0.00141. The zero-order valence-electron chi connectivity index (χ0n) is 19.4. The number of thioether (sulfide) groups is 1. The molecule has 0 radical (unpaired) electrons. The molecule has 3 aromatic rings. The number of hydrogen-bond acceptors (Lipinski definition) is 7. The normalized spacial score (nSPS) is 14.5. The van der Waals surface area contributed by atoms with Gasteiger partial charge in [0.25, 0.3) is 15.2 Å². The number of sulfonamides is 1. The first-order chi connectivity index (χ1) is 16.8. The Bertz CT molecular complexity index is 1300. The zero-order chi connectivity index (χ0) is 24.8. The van der Waals surface area contributed by atoms with Crippen molar-refractivity contribution in [3.05, 3.63) is 48.0 Å². The summed E-state index contributed by atoms with van der Waals surface area (Å²) in [4.78, 5) is 28.7. The van der Waals surface area contributed by atoms with Crippen LogP contribution >= 0.6 is 11.8 Å². The molecule has 1 fully saturated rings. The Balaban J connectivity index is 1.24. The predicted molar refractivity (Wildman–Crippen MR) is 135 cm³/mol. The van der Waals surface area contributed by atoms with Gasteiger partial charge in [-0.15, -0.1) is 0 Å². The van der Waals surface area contributed by atoms with Gasteiger partial charge in [-0.1, -0.05) is 37.1 Å². The van der Waals surface area contributed by atoms with Gasteiger partial charge < -0.3 is 15.1 Å². The minimum Gasteiger partial charge on any atom is -0.431 e. The largest absolute Gasteiger partial charge is 0.431 e. The first-order valence-electron chi connectivity index (χ1n) is 11.5. The molecule has 186 valence electrons. The molecule has 11 heteroatoms. The summed E-state index contributed by atoms with van der Waals surface area (Å²) in [6.07, 6.45) is 5.13. The number of hydrogen-bond donors (Lipinski definition) is 3. The van der Waals surface area contributed by atoms with Crippen LogP contribution in [0.15, 0.2) is 57.0 Å². The minimum atomic E-state index is -4.01. The first-order valence-corrected chi connectivity index (χ1v) is 14.0. The van der Waals surface area contributed by atoms with E-state index in [-0.39, 0.29) is 23.3 Å². The Morgan fingerprint density at radius 2 is 1.83 bits per heavy atom. The molecule has 0 spiro atoms. The van der Waals surface area contributed by atoms with E-state index < -0.39 is 16.1 Å². The van der Waals surface area contributed by atoms with Gasteiger partial charge in [-0.3, -0.25) is 4.79 Å². The number of carbonyl (C=O) groups excluding carboxylic acids is 2. The second-order valence-electron chi connectivity index (χ2n) is 8.54. The van der Waals surface area contributed by atoms with E-state index in [4.69, 9.17) is 4.42 Å². The lowest BCUT2D eigenvalue weighted by Crippen LogP contribution is -2.45. The Hall–Kier alpha value is -3.05. The Kier molecular flexibility index (Phi) is 7.97. The van der Waals surface area contributed by atoms with Crippen LogP contribution in [0.25, 0.3) is 11.1 Å². The molecule has 1 heterocycles. The summed E-state index contributed by atoms with van der Waals surface area (Å²) in [5.74, 6) is 0.259. The summed E-state index contributed by atoms with van der Waals surface area (Å²) in [6, 6.07) is 10.7. The van der Waals surface area contributed by atoms with Crippen LogP contribution < -0.4 is 15.4 Å². The molecule has 0 aliphatic heterocycles. The molecule has 1 aliphatic carbocycles. The number of oxazole rings is 1. The van der Waals surface area contributed by atoms with Crippen LogP contribution in [0.4, 0.5) is 10.5 Å². The molecular weight excluding hydrogens is 488 g/mol. The van der Waals surface area contributed by atoms with E-state index in [1.807, 2.05) is 25.1 Å². The Labute approximate surface area is 208 Å². The molecular formula is C24H28N4O5S2. The molecule has 0 bridgehead atoms. The summed E-state index contributed by atoms with van der Waals surface area (Å²) in [5.41, 5.74) is 3.05. The van der Waals surface area contributed by atoms with Gasteiger partial charge in [-0.05, 0) is 61.7 Å². The average Bonchev–Trinajstić information content (AvgIpc) is 3.21. The van der Waals surface area contributed by atoms with E-state index in [1.165, 1.54) is 36.0 Å². The van der Waals surface area contributed by atoms with Crippen molar-refractivity contribution < 1.29 is 22.4 Å². The number of aryl methyl sites for hydroxylation is 1. The van der Waals surface area contributed by atoms with Crippen LogP contribution in [-0.2, 0) is 14.8 Å². The van der Waals surface area contributed by atoms with Crippen molar-refractivity contribution in [2.24, 2.45) is 0 Å². The van der Waals surface area contributed by atoms with Crippen LogP contribution in [0.5, 0.6) is 0 Å². The van der Waals surface area contributed by atoms with Crippen LogP contribution in [0, 0.1) is 6.92 Å². The van der Waals surface area contributed by atoms with Gasteiger partial charge in [0, 0.05) is 23.9 Å². The number of fused-ring (bicyclic) bond motifs is 1. The van der Waals surface area contributed by atoms with E-state index in [0.717, 1.165) is 43.2 Å². The molecule has 0 unspecified atom stereocenters. The third kappa shape index (κ3) is 6.98. The highest BCUT2D eigenvalue weighted by atomic mass is 32.2. The molecule has 4 rings (SSSR count). The second-order valence-corrected chi connectivity index (χ2v) is 11.3. The molecule has 0 saturated heterocycles. The molecule has 3 N–H and O–H groups in total. The number of nitrogens with zero attached hydrogens (tertiary/aromatic N) is 1. The fraction of sp³-hybridized carbons (Fsp3) is 0.375. The standard InChI is InChI=1S/C24H28N4O5S2/c1-16-7-12-21-20(15-16)27-24(33-21)34-14-13-22(29)25-18-8-10-19(11-9-18)35(31,32)28-23(30)26-17-5-3-2-4-6-17/h7-12,15,17H,2-6,13-14H2,1H3,(H,25,29)(H2,26,28,30). The smallest absolute Gasteiger partial charge is 0.328 e. The molecule has 3 amide bonds. The molecule has 35 heavy (non-hydrogen) atoms. The quantitative estimate of drug-likeness (QED) is 0.374. The van der Waals surface area contributed by atoms with Gasteiger partial charge in [0.1, 0.15) is 5.52 Å². The van der Waals surface area contributed by atoms with E-state index in [1.54, 1.807) is 0 Å². The molecule has 1 aliphatic rings. The fourth-order valence-corrected chi connectivity index (χ4v) is 5.58. The highest BCUT2D eigenvalue weighted by molar-refractivity contribution is 7.99. The number of nitrogens with one attached hydrogen (secondary N) is 3. The number of aromatic nitrogens is 1. The number of anilines is 1. The lowest BCUT2D eigenvalue weighted by molar-refractivity contribution is -0.115. The number of carbonyl (C=O) groups is 2. The molecule has 1 aromatic heterocycles. The SMILES string of the molecule is Cc1ccc2oc(SCCC(=O)Nc3ccc(S(=O)(=O)NC(=O)NC4CCCCC4)cc3)nc2c1. The lowest BCUT2D eigenvalue weighted by atomic mass is 9.96.